The standard InChI is InChI=1S/C14H20N2O2/c17-14(18)11-16(13-6-8-15-9-7-13)10-12-4-2-1-3-5-12/h1-5,13,15H,6-11H2,(H,17,18). The Labute approximate surface area is 108 Å². The zero-order valence-corrected chi connectivity index (χ0v) is 10.5. The van der Waals surface area contributed by atoms with Crippen molar-refractivity contribution in [3.8, 4) is 0 Å². The Hall–Kier alpha value is -1.39. The summed E-state index contributed by atoms with van der Waals surface area (Å²) in [5.74, 6) is -0.746. The van der Waals surface area contributed by atoms with Gasteiger partial charge in [0.15, 0.2) is 0 Å². The number of aliphatic carboxylic acids is 1. The smallest absolute Gasteiger partial charge is 0.317 e. The Morgan fingerprint density at radius 3 is 2.56 bits per heavy atom. The maximum Gasteiger partial charge on any atom is 0.317 e. The summed E-state index contributed by atoms with van der Waals surface area (Å²) in [5.41, 5.74) is 1.18. The van der Waals surface area contributed by atoms with E-state index >= 15 is 0 Å². The molecule has 98 valence electrons. The molecule has 0 atom stereocenters. The van der Waals surface area contributed by atoms with Gasteiger partial charge in [0.25, 0.3) is 0 Å². The predicted octanol–water partition coefficient (Wildman–Crippen LogP) is 1.33. The van der Waals surface area contributed by atoms with Crippen LogP contribution in [0.4, 0.5) is 0 Å². The van der Waals surface area contributed by atoms with Crippen LogP contribution in [0.5, 0.6) is 0 Å². The molecule has 1 saturated heterocycles. The van der Waals surface area contributed by atoms with E-state index in [0.717, 1.165) is 32.5 Å². The van der Waals surface area contributed by atoms with Crippen LogP contribution in [-0.4, -0.2) is 41.7 Å². The highest BCUT2D eigenvalue weighted by Gasteiger charge is 2.22. The van der Waals surface area contributed by atoms with Crippen LogP contribution in [-0.2, 0) is 11.3 Å². The lowest BCUT2D eigenvalue weighted by molar-refractivity contribution is -0.139. The van der Waals surface area contributed by atoms with Gasteiger partial charge in [0.1, 0.15) is 0 Å². The number of carboxylic acids is 1. The molecular weight excluding hydrogens is 228 g/mol. The highest BCUT2D eigenvalue weighted by molar-refractivity contribution is 5.69. The Bertz CT molecular complexity index is 375. The van der Waals surface area contributed by atoms with E-state index in [4.69, 9.17) is 5.11 Å². The first-order valence-corrected chi connectivity index (χ1v) is 6.46. The average Bonchev–Trinajstić information content (AvgIpc) is 2.40. The number of rotatable bonds is 5. The summed E-state index contributed by atoms with van der Waals surface area (Å²) in [6.45, 7) is 2.81. The lowest BCUT2D eigenvalue weighted by Crippen LogP contribution is -2.44. The molecule has 0 unspecified atom stereocenters. The maximum absolute atomic E-state index is 11.0. The van der Waals surface area contributed by atoms with Gasteiger partial charge in [0, 0.05) is 12.6 Å². The molecule has 1 aromatic rings. The van der Waals surface area contributed by atoms with Crippen LogP contribution >= 0.6 is 0 Å². The van der Waals surface area contributed by atoms with E-state index in [2.05, 4.69) is 22.3 Å². The molecular formula is C14H20N2O2. The summed E-state index contributed by atoms with van der Waals surface area (Å²) < 4.78 is 0. The summed E-state index contributed by atoms with van der Waals surface area (Å²) in [6, 6.07) is 10.5. The van der Waals surface area contributed by atoms with Gasteiger partial charge >= 0.3 is 5.97 Å². The summed E-state index contributed by atoms with van der Waals surface area (Å²) in [6.07, 6.45) is 2.06. The number of carboxylic acid groups (broad SMARTS) is 1. The van der Waals surface area contributed by atoms with Crippen molar-refractivity contribution in [1.29, 1.82) is 0 Å². The van der Waals surface area contributed by atoms with Gasteiger partial charge in [0.2, 0.25) is 0 Å². The third-order valence-electron chi connectivity index (χ3n) is 3.39. The number of nitrogens with one attached hydrogen (secondary N) is 1. The summed E-state index contributed by atoms with van der Waals surface area (Å²) in [4.78, 5) is 13.1. The molecule has 1 aliphatic heterocycles. The van der Waals surface area contributed by atoms with Crippen molar-refractivity contribution in [2.45, 2.75) is 25.4 Å². The molecule has 0 amide bonds. The molecule has 0 bridgehead atoms. The zero-order valence-electron chi connectivity index (χ0n) is 10.5. The van der Waals surface area contributed by atoms with Crippen molar-refractivity contribution in [3.63, 3.8) is 0 Å². The molecule has 2 N–H and O–H groups in total. The van der Waals surface area contributed by atoms with Crippen molar-refractivity contribution < 1.29 is 9.90 Å². The van der Waals surface area contributed by atoms with Crippen molar-refractivity contribution in [1.82, 2.24) is 10.2 Å². The van der Waals surface area contributed by atoms with E-state index in [1.165, 1.54) is 5.56 Å². The molecule has 0 aromatic heterocycles. The Morgan fingerprint density at radius 1 is 1.28 bits per heavy atom. The quantitative estimate of drug-likeness (QED) is 0.825. The van der Waals surface area contributed by atoms with Crippen LogP contribution in [0.25, 0.3) is 0 Å². The molecule has 0 radical (unpaired) electrons. The van der Waals surface area contributed by atoms with Gasteiger partial charge < -0.3 is 10.4 Å². The first-order chi connectivity index (χ1) is 8.75. The minimum atomic E-state index is -0.746. The highest BCUT2D eigenvalue weighted by Crippen LogP contribution is 2.15. The molecule has 1 aromatic carbocycles. The van der Waals surface area contributed by atoms with Crippen LogP contribution in [0.1, 0.15) is 18.4 Å². The minimum absolute atomic E-state index is 0.125. The van der Waals surface area contributed by atoms with E-state index in [1.807, 2.05) is 18.2 Å². The van der Waals surface area contributed by atoms with Gasteiger partial charge in [0.05, 0.1) is 6.54 Å². The molecule has 2 rings (SSSR count). The molecule has 0 spiro atoms. The second-order valence-corrected chi connectivity index (χ2v) is 4.77. The second kappa shape index (κ2) is 6.52. The van der Waals surface area contributed by atoms with Gasteiger partial charge in [-0.05, 0) is 31.5 Å². The second-order valence-electron chi connectivity index (χ2n) is 4.77. The van der Waals surface area contributed by atoms with Crippen LogP contribution < -0.4 is 5.32 Å². The van der Waals surface area contributed by atoms with Gasteiger partial charge in [-0.1, -0.05) is 30.3 Å². The molecule has 1 fully saturated rings. The summed E-state index contributed by atoms with van der Waals surface area (Å²) in [7, 11) is 0. The topological polar surface area (TPSA) is 52.6 Å². The fourth-order valence-electron chi connectivity index (χ4n) is 2.48. The first-order valence-electron chi connectivity index (χ1n) is 6.46. The van der Waals surface area contributed by atoms with E-state index in [9.17, 15) is 4.79 Å². The minimum Gasteiger partial charge on any atom is -0.480 e. The average molecular weight is 248 g/mol. The van der Waals surface area contributed by atoms with Crippen molar-refractivity contribution in [3.05, 3.63) is 35.9 Å². The number of benzene rings is 1. The summed E-state index contributed by atoms with van der Waals surface area (Å²) >= 11 is 0. The number of carbonyl (C=O) groups is 1. The fourth-order valence-corrected chi connectivity index (χ4v) is 2.48. The van der Waals surface area contributed by atoms with Crippen LogP contribution in [0.2, 0.25) is 0 Å². The molecule has 0 aliphatic carbocycles. The molecule has 0 saturated carbocycles. The largest absolute Gasteiger partial charge is 0.480 e. The van der Waals surface area contributed by atoms with E-state index in [0.29, 0.717) is 6.04 Å². The number of nitrogens with zero attached hydrogens (tertiary/aromatic N) is 1. The van der Waals surface area contributed by atoms with Gasteiger partial charge in [-0.3, -0.25) is 9.69 Å². The number of hydrogen-bond acceptors (Lipinski definition) is 3. The lowest BCUT2D eigenvalue weighted by Gasteiger charge is -2.33. The van der Waals surface area contributed by atoms with E-state index in [1.54, 1.807) is 0 Å². The Kier molecular flexibility index (Phi) is 4.73. The van der Waals surface area contributed by atoms with Gasteiger partial charge in [-0.2, -0.15) is 0 Å². The third kappa shape index (κ3) is 3.82. The Morgan fingerprint density at radius 2 is 1.94 bits per heavy atom. The third-order valence-corrected chi connectivity index (χ3v) is 3.39. The fraction of sp³-hybridized carbons (Fsp3) is 0.500. The SMILES string of the molecule is O=C(O)CN(Cc1ccccc1)C1CCNCC1. The zero-order chi connectivity index (χ0) is 12.8. The van der Waals surface area contributed by atoms with Crippen LogP contribution in [0.3, 0.4) is 0 Å². The predicted molar refractivity (Wildman–Crippen MR) is 70.4 cm³/mol. The molecule has 18 heavy (non-hydrogen) atoms. The van der Waals surface area contributed by atoms with Crippen molar-refractivity contribution in [2.24, 2.45) is 0 Å². The molecule has 1 aliphatic rings. The normalized spacial score (nSPS) is 16.9. The first kappa shape index (κ1) is 13.1. The van der Waals surface area contributed by atoms with Gasteiger partial charge in [-0.15, -0.1) is 0 Å². The summed E-state index contributed by atoms with van der Waals surface area (Å²) in [5, 5.41) is 12.3. The monoisotopic (exact) mass is 248 g/mol. The van der Waals surface area contributed by atoms with Gasteiger partial charge in [-0.25, -0.2) is 0 Å². The Balaban J connectivity index is 2.02. The lowest BCUT2D eigenvalue weighted by atomic mass is 10.0. The van der Waals surface area contributed by atoms with Crippen LogP contribution in [0, 0.1) is 0 Å². The molecule has 4 nitrogen and oxygen atoms in total. The van der Waals surface area contributed by atoms with Crippen molar-refractivity contribution >= 4 is 5.97 Å². The number of piperidine rings is 1. The van der Waals surface area contributed by atoms with E-state index < -0.39 is 5.97 Å². The van der Waals surface area contributed by atoms with E-state index in [-0.39, 0.29) is 6.54 Å². The maximum atomic E-state index is 11.0. The molecule has 1 heterocycles. The van der Waals surface area contributed by atoms with Crippen LogP contribution in [0.15, 0.2) is 30.3 Å². The number of hydrogen-bond donors (Lipinski definition) is 2. The highest BCUT2D eigenvalue weighted by atomic mass is 16.4. The molecule has 4 heteroatoms. The van der Waals surface area contributed by atoms with Crippen molar-refractivity contribution in [2.75, 3.05) is 19.6 Å².